The maximum atomic E-state index is 13.4. The summed E-state index contributed by atoms with van der Waals surface area (Å²) < 4.78 is 15.8. The van der Waals surface area contributed by atoms with Crippen LogP contribution in [-0.4, -0.2) is 14.8 Å². The summed E-state index contributed by atoms with van der Waals surface area (Å²) in [4.78, 5) is 4.04. The zero-order chi connectivity index (χ0) is 11.5. The standard InChI is InChI=1S/C10H10BrFN4/c1-16-9(14-6-15-16)5-13-10-7(11)3-2-4-8(10)12/h2-4,6,13H,5H2,1H3. The molecule has 0 bridgehead atoms. The van der Waals surface area contributed by atoms with Gasteiger partial charge in [-0.15, -0.1) is 0 Å². The lowest BCUT2D eigenvalue weighted by atomic mass is 10.3. The normalized spacial score (nSPS) is 10.4. The third-order valence-corrected chi connectivity index (χ3v) is 2.85. The molecule has 84 valence electrons. The van der Waals surface area contributed by atoms with Gasteiger partial charge in [-0.1, -0.05) is 6.07 Å². The summed E-state index contributed by atoms with van der Waals surface area (Å²) in [5.74, 6) is 0.451. The molecular weight excluding hydrogens is 275 g/mol. The molecule has 2 rings (SSSR count). The number of nitrogens with zero attached hydrogens (tertiary/aromatic N) is 3. The van der Waals surface area contributed by atoms with Crippen molar-refractivity contribution in [3.05, 3.63) is 40.6 Å². The van der Waals surface area contributed by atoms with Crippen LogP contribution < -0.4 is 5.32 Å². The molecule has 0 fully saturated rings. The molecule has 16 heavy (non-hydrogen) atoms. The third-order valence-electron chi connectivity index (χ3n) is 2.19. The Bertz CT molecular complexity index is 477. The summed E-state index contributed by atoms with van der Waals surface area (Å²) >= 11 is 3.28. The molecule has 1 aromatic carbocycles. The Morgan fingerprint density at radius 3 is 2.94 bits per heavy atom. The highest BCUT2D eigenvalue weighted by molar-refractivity contribution is 9.10. The van der Waals surface area contributed by atoms with Gasteiger partial charge in [0.15, 0.2) is 0 Å². The van der Waals surface area contributed by atoms with Crippen molar-refractivity contribution in [3.8, 4) is 0 Å². The van der Waals surface area contributed by atoms with E-state index in [4.69, 9.17) is 0 Å². The molecule has 0 amide bonds. The Labute approximate surface area is 101 Å². The van der Waals surface area contributed by atoms with Gasteiger partial charge in [-0.2, -0.15) is 5.10 Å². The maximum Gasteiger partial charge on any atom is 0.147 e. The van der Waals surface area contributed by atoms with Crippen molar-refractivity contribution in [3.63, 3.8) is 0 Å². The minimum Gasteiger partial charge on any atom is -0.374 e. The first-order chi connectivity index (χ1) is 7.68. The minimum absolute atomic E-state index is 0.295. The number of hydrogen-bond donors (Lipinski definition) is 1. The van der Waals surface area contributed by atoms with E-state index in [9.17, 15) is 4.39 Å². The molecular formula is C10H10BrFN4. The van der Waals surface area contributed by atoms with Crippen LogP contribution in [0.1, 0.15) is 5.82 Å². The summed E-state index contributed by atoms with van der Waals surface area (Å²) in [5, 5.41) is 6.91. The molecule has 4 nitrogen and oxygen atoms in total. The third kappa shape index (κ3) is 2.21. The van der Waals surface area contributed by atoms with E-state index in [-0.39, 0.29) is 5.82 Å². The van der Waals surface area contributed by atoms with Gasteiger partial charge in [-0.25, -0.2) is 9.37 Å². The lowest BCUT2D eigenvalue weighted by molar-refractivity contribution is 0.627. The fourth-order valence-corrected chi connectivity index (χ4v) is 1.80. The van der Waals surface area contributed by atoms with Crippen LogP contribution in [0.5, 0.6) is 0 Å². The molecule has 2 aromatic rings. The fourth-order valence-electron chi connectivity index (χ4n) is 1.31. The van der Waals surface area contributed by atoms with Gasteiger partial charge in [0, 0.05) is 11.5 Å². The van der Waals surface area contributed by atoms with Gasteiger partial charge < -0.3 is 5.32 Å². The maximum absolute atomic E-state index is 13.4. The predicted octanol–water partition coefficient (Wildman–Crippen LogP) is 2.33. The smallest absolute Gasteiger partial charge is 0.147 e. The highest BCUT2D eigenvalue weighted by Crippen LogP contribution is 2.25. The van der Waals surface area contributed by atoms with E-state index in [1.54, 1.807) is 23.9 Å². The summed E-state index contributed by atoms with van der Waals surface area (Å²) in [6.07, 6.45) is 1.47. The fraction of sp³-hybridized carbons (Fsp3) is 0.200. The number of nitrogens with one attached hydrogen (secondary N) is 1. The molecule has 1 aromatic heterocycles. The van der Waals surface area contributed by atoms with Crippen LogP contribution >= 0.6 is 15.9 Å². The number of rotatable bonds is 3. The highest BCUT2D eigenvalue weighted by atomic mass is 79.9. The second-order valence-electron chi connectivity index (χ2n) is 3.25. The monoisotopic (exact) mass is 284 g/mol. The van der Waals surface area contributed by atoms with Gasteiger partial charge in [0.1, 0.15) is 18.0 Å². The van der Waals surface area contributed by atoms with Crippen molar-refractivity contribution < 1.29 is 4.39 Å². The lowest BCUT2D eigenvalue weighted by Gasteiger charge is -2.08. The molecule has 6 heteroatoms. The predicted molar refractivity (Wildman–Crippen MR) is 62.4 cm³/mol. The van der Waals surface area contributed by atoms with E-state index in [0.29, 0.717) is 16.7 Å². The van der Waals surface area contributed by atoms with E-state index in [0.717, 1.165) is 5.82 Å². The summed E-state index contributed by atoms with van der Waals surface area (Å²) in [6, 6.07) is 4.83. The van der Waals surface area contributed by atoms with Crippen molar-refractivity contribution in [1.82, 2.24) is 14.8 Å². The number of benzene rings is 1. The van der Waals surface area contributed by atoms with Crippen molar-refractivity contribution in [1.29, 1.82) is 0 Å². The van der Waals surface area contributed by atoms with Gasteiger partial charge in [-0.3, -0.25) is 4.68 Å². The van der Waals surface area contributed by atoms with E-state index in [1.807, 2.05) is 0 Å². The number of anilines is 1. The van der Waals surface area contributed by atoms with Crippen molar-refractivity contribution >= 4 is 21.6 Å². The quantitative estimate of drug-likeness (QED) is 0.941. The first-order valence-corrected chi connectivity index (χ1v) is 5.48. The molecule has 0 radical (unpaired) electrons. The SMILES string of the molecule is Cn1ncnc1CNc1c(F)cccc1Br. The topological polar surface area (TPSA) is 42.7 Å². The summed E-state index contributed by atoms with van der Waals surface area (Å²) in [7, 11) is 1.79. The van der Waals surface area contributed by atoms with Gasteiger partial charge in [-0.05, 0) is 28.1 Å². The van der Waals surface area contributed by atoms with Crippen LogP contribution in [-0.2, 0) is 13.6 Å². The number of hydrogen-bond acceptors (Lipinski definition) is 3. The van der Waals surface area contributed by atoms with Crippen LogP contribution in [0.3, 0.4) is 0 Å². The molecule has 0 spiro atoms. The first kappa shape index (κ1) is 11.1. The number of para-hydroxylation sites is 1. The van der Waals surface area contributed by atoms with Crippen LogP contribution in [0.4, 0.5) is 10.1 Å². The largest absolute Gasteiger partial charge is 0.374 e. The first-order valence-electron chi connectivity index (χ1n) is 4.69. The van der Waals surface area contributed by atoms with Crippen molar-refractivity contribution in [2.75, 3.05) is 5.32 Å². The molecule has 0 saturated heterocycles. The molecule has 1 heterocycles. The van der Waals surface area contributed by atoms with Crippen molar-refractivity contribution in [2.45, 2.75) is 6.54 Å². The summed E-state index contributed by atoms with van der Waals surface area (Å²) in [5.41, 5.74) is 0.436. The Morgan fingerprint density at radius 2 is 2.31 bits per heavy atom. The molecule has 0 unspecified atom stereocenters. The van der Waals surface area contributed by atoms with E-state index in [1.165, 1.54) is 12.4 Å². The van der Waals surface area contributed by atoms with Gasteiger partial charge in [0.05, 0.1) is 12.2 Å². The Hall–Kier alpha value is -1.43. The Morgan fingerprint density at radius 1 is 1.50 bits per heavy atom. The highest BCUT2D eigenvalue weighted by Gasteiger charge is 2.07. The van der Waals surface area contributed by atoms with E-state index < -0.39 is 0 Å². The number of halogens is 2. The second-order valence-corrected chi connectivity index (χ2v) is 4.10. The molecule has 0 aliphatic heterocycles. The number of aryl methyl sites for hydroxylation is 1. The lowest BCUT2D eigenvalue weighted by Crippen LogP contribution is -2.08. The molecule has 1 N–H and O–H groups in total. The molecule has 0 aliphatic rings. The Kier molecular flexibility index (Phi) is 3.19. The zero-order valence-electron chi connectivity index (χ0n) is 8.61. The van der Waals surface area contributed by atoms with Crippen molar-refractivity contribution in [2.24, 2.45) is 7.05 Å². The summed E-state index contributed by atoms with van der Waals surface area (Å²) in [6.45, 7) is 0.427. The van der Waals surface area contributed by atoms with Crippen LogP contribution in [0.25, 0.3) is 0 Å². The molecule has 0 aliphatic carbocycles. The van der Waals surface area contributed by atoms with Crippen LogP contribution in [0, 0.1) is 5.82 Å². The zero-order valence-corrected chi connectivity index (χ0v) is 10.2. The van der Waals surface area contributed by atoms with E-state index >= 15 is 0 Å². The van der Waals surface area contributed by atoms with Gasteiger partial charge in [0.25, 0.3) is 0 Å². The van der Waals surface area contributed by atoms with Gasteiger partial charge >= 0.3 is 0 Å². The Balaban J connectivity index is 2.14. The average molecular weight is 285 g/mol. The number of aromatic nitrogens is 3. The molecule has 0 saturated carbocycles. The van der Waals surface area contributed by atoms with Gasteiger partial charge in [0.2, 0.25) is 0 Å². The molecule has 0 atom stereocenters. The van der Waals surface area contributed by atoms with Crippen LogP contribution in [0.2, 0.25) is 0 Å². The minimum atomic E-state index is -0.295. The second kappa shape index (κ2) is 4.61. The average Bonchev–Trinajstić information content (AvgIpc) is 2.64. The van der Waals surface area contributed by atoms with E-state index in [2.05, 4.69) is 31.3 Å². The van der Waals surface area contributed by atoms with Crippen LogP contribution in [0.15, 0.2) is 29.0 Å².